The first-order valence-corrected chi connectivity index (χ1v) is 15.2. The van der Waals surface area contributed by atoms with Crippen LogP contribution in [0.4, 0.5) is 0 Å². The maximum atomic E-state index is 14.1. The summed E-state index contributed by atoms with van der Waals surface area (Å²) in [5, 5.41) is 14.7. The van der Waals surface area contributed by atoms with Crippen molar-refractivity contribution in [2.24, 2.45) is 0 Å². The van der Waals surface area contributed by atoms with Crippen molar-refractivity contribution in [3.63, 3.8) is 0 Å². The number of rotatable bonds is 10. The minimum Gasteiger partial charge on any atom is -0.478 e. The Labute approximate surface area is 238 Å². The van der Waals surface area contributed by atoms with Crippen molar-refractivity contribution in [1.29, 1.82) is 0 Å². The maximum absolute atomic E-state index is 14.1. The van der Waals surface area contributed by atoms with Crippen molar-refractivity contribution in [3.05, 3.63) is 137 Å². The van der Waals surface area contributed by atoms with Crippen LogP contribution in [0, 0.1) is 0 Å². The van der Waals surface area contributed by atoms with Gasteiger partial charge in [0.15, 0.2) is 12.8 Å². The summed E-state index contributed by atoms with van der Waals surface area (Å²) in [6.45, 7) is 3.64. The van der Waals surface area contributed by atoms with Crippen molar-refractivity contribution in [3.8, 4) is 0 Å². The molecule has 0 aliphatic carbocycles. The van der Waals surface area contributed by atoms with Crippen LogP contribution in [0.25, 0.3) is 11.1 Å². The Hall–Kier alpha value is -4.61. The van der Waals surface area contributed by atoms with Crippen LogP contribution in [0.3, 0.4) is 0 Å². The number of esters is 1. The Morgan fingerprint density at radius 1 is 0.756 bits per heavy atom. The summed E-state index contributed by atoms with van der Waals surface area (Å²) in [6, 6.07) is 34.6. The quantitative estimate of drug-likeness (QED) is 0.137. The van der Waals surface area contributed by atoms with Crippen LogP contribution in [-0.4, -0.2) is 28.9 Å². The maximum Gasteiger partial charge on any atom is 0.421 e. The smallest absolute Gasteiger partial charge is 0.421 e. The average molecular weight is 569 g/mol. The molecule has 1 aromatic heterocycles. The van der Waals surface area contributed by atoms with Gasteiger partial charge >= 0.3 is 17.7 Å². The van der Waals surface area contributed by atoms with E-state index in [2.05, 4.69) is 0 Å². The van der Waals surface area contributed by atoms with Crippen LogP contribution in [-0.2, 0) is 14.3 Å². The number of oxazole rings is 1. The SMILES string of the molecule is CCOC(=O)[C@@H](/C(=C(/O)OCC)[P+](c1ccccc1)(c1ccccc1)c1ccccc1)n1c(=O)oc2ccccc21. The Morgan fingerprint density at radius 3 is 1.71 bits per heavy atom. The lowest BCUT2D eigenvalue weighted by molar-refractivity contribution is -0.145. The highest BCUT2D eigenvalue weighted by molar-refractivity contribution is 7.99. The Morgan fingerprint density at radius 2 is 1.22 bits per heavy atom. The number of aliphatic hydroxyl groups is 1. The first-order valence-electron chi connectivity index (χ1n) is 13.4. The van der Waals surface area contributed by atoms with Crippen LogP contribution >= 0.6 is 7.26 Å². The molecule has 5 rings (SSSR count). The minimum atomic E-state index is -3.12. The van der Waals surface area contributed by atoms with Gasteiger partial charge in [-0.05, 0) is 62.4 Å². The van der Waals surface area contributed by atoms with Gasteiger partial charge in [-0.25, -0.2) is 9.59 Å². The first kappa shape index (κ1) is 27.9. The Balaban J connectivity index is 2.00. The van der Waals surface area contributed by atoms with Gasteiger partial charge in [-0.3, -0.25) is 4.57 Å². The van der Waals surface area contributed by atoms with E-state index < -0.39 is 31.0 Å². The summed E-state index contributed by atoms with van der Waals surface area (Å²) in [7, 11) is -3.12. The topological polar surface area (TPSA) is 90.9 Å². The highest BCUT2D eigenvalue weighted by atomic mass is 31.2. The molecule has 0 bridgehead atoms. The molecule has 0 fully saturated rings. The fourth-order valence-corrected chi connectivity index (χ4v) is 9.79. The van der Waals surface area contributed by atoms with Gasteiger partial charge in [0, 0.05) is 0 Å². The van der Waals surface area contributed by atoms with Crippen molar-refractivity contribution < 1.29 is 23.8 Å². The van der Waals surface area contributed by atoms with Gasteiger partial charge in [0.25, 0.3) is 0 Å². The van der Waals surface area contributed by atoms with E-state index in [1.807, 2.05) is 91.0 Å². The first-order chi connectivity index (χ1) is 20.0. The van der Waals surface area contributed by atoms with E-state index in [1.165, 1.54) is 4.57 Å². The van der Waals surface area contributed by atoms with Crippen LogP contribution in [0.2, 0.25) is 0 Å². The monoisotopic (exact) mass is 568 g/mol. The number of ether oxygens (including phenoxy) is 2. The summed E-state index contributed by atoms with van der Waals surface area (Å²) in [6.07, 6.45) is 0. The molecule has 8 heteroatoms. The van der Waals surface area contributed by atoms with Gasteiger partial charge in [0.2, 0.25) is 11.4 Å². The van der Waals surface area contributed by atoms with Crippen molar-refractivity contribution in [1.82, 2.24) is 4.57 Å². The van der Waals surface area contributed by atoms with Crippen LogP contribution < -0.4 is 21.7 Å². The number of nitrogens with zero attached hydrogens (tertiary/aromatic N) is 1. The molecule has 1 atom stereocenters. The molecule has 0 unspecified atom stereocenters. The zero-order valence-corrected chi connectivity index (χ0v) is 23.7. The standard InChI is InChI=1S/C33H30NO6P/c1-3-38-31(35)29(34-27-22-14-15-23-28(27)40-33(34)37)30(32(36)39-4-2)41(24-16-8-5-9-17-24,25-18-10-6-11-19-25)26-20-12-7-13-21-26/h5-23,29H,3-4H2,1-2H3/p+1/b32-30+/t29-/m1/s1. The largest absolute Gasteiger partial charge is 0.478 e. The molecule has 0 aliphatic heterocycles. The van der Waals surface area contributed by atoms with E-state index in [4.69, 9.17) is 13.9 Å². The van der Waals surface area contributed by atoms with Crippen molar-refractivity contribution >= 4 is 40.2 Å². The third kappa shape index (κ3) is 5.05. The Kier molecular flexibility index (Phi) is 8.37. The number of carbonyl (C=O) groups is 1. The zero-order valence-electron chi connectivity index (χ0n) is 22.8. The number of aliphatic hydroxyl groups excluding tert-OH is 1. The summed E-state index contributed by atoms with van der Waals surface area (Å²) >= 11 is 0. The molecule has 0 amide bonds. The second-order valence-corrected chi connectivity index (χ2v) is 12.5. The molecule has 0 saturated heterocycles. The summed E-state index contributed by atoms with van der Waals surface area (Å²) in [4.78, 5) is 27.7. The third-order valence-corrected chi connectivity index (χ3v) is 11.2. The molecular weight excluding hydrogens is 537 g/mol. The molecule has 4 aromatic carbocycles. The Bertz CT molecular complexity index is 1610. The van der Waals surface area contributed by atoms with Crippen LogP contribution in [0.1, 0.15) is 19.9 Å². The number of para-hydroxylation sites is 2. The molecule has 5 aromatic rings. The van der Waals surface area contributed by atoms with E-state index in [9.17, 15) is 14.7 Å². The third-order valence-electron chi connectivity index (χ3n) is 6.84. The van der Waals surface area contributed by atoms with Crippen molar-refractivity contribution in [2.45, 2.75) is 19.9 Å². The van der Waals surface area contributed by atoms with Crippen LogP contribution in [0.5, 0.6) is 0 Å². The fourth-order valence-electron chi connectivity index (χ4n) is 5.26. The van der Waals surface area contributed by atoms with Gasteiger partial charge in [0.1, 0.15) is 15.9 Å². The predicted molar refractivity (Wildman–Crippen MR) is 163 cm³/mol. The predicted octanol–water partition coefficient (Wildman–Crippen LogP) is 5.46. The highest BCUT2D eigenvalue weighted by Crippen LogP contribution is 2.66. The summed E-state index contributed by atoms with van der Waals surface area (Å²) < 4.78 is 18.3. The summed E-state index contributed by atoms with van der Waals surface area (Å²) in [5.41, 5.74) is 0.703. The molecule has 1 N–H and O–H groups in total. The lowest BCUT2D eigenvalue weighted by atomic mass is 10.2. The number of hydrogen-bond donors (Lipinski definition) is 1. The lowest BCUT2D eigenvalue weighted by Crippen LogP contribution is -2.40. The molecule has 0 spiro atoms. The number of benzene rings is 4. The van der Waals surface area contributed by atoms with Crippen LogP contribution in [0.15, 0.2) is 136 Å². The number of carbonyl (C=O) groups excluding carboxylic acids is 1. The number of aromatic nitrogens is 1. The number of fused-ring (bicyclic) bond motifs is 1. The summed E-state index contributed by atoms with van der Waals surface area (Å²) in [5.74, 6) is -1.90. The molecule has 0 aliphatic rings. The van der Waals surface area contributed by atoms with Crippen molar-refractivity contribution in [2.75, 3.05) is 13.2 Å². The second-order valence-electron chi connectivity index (χ2n) is 9.16. The normalized spacial score (nSPS) is 12.9. The van der Waals surface area contributed by atoms with E-state index >= 15 is 0 Å². The van der Waals surface area contributed by atoms with Gasteiger partial charge in [-0.1, -0.05) is 66.7 Å². The molecular formula is C33H31NO6P+. The molecule has 7 nitrogen and oxygen atoms in total. The van der Waals surface area contributed by atoms with E-state index in [-0.39, 0.29) is 18.5 Å². The second kappa shape index (κ2) is 12.3. The van der Waals surface area contributed by atoms with Gasteiger partial charge in [-0.15, -0.1) is 0 Å². The van der Waals surface area contributed by atoms with E-state index in [0.29, 0.717) is 11.1 Å². The van der Waals surface area contributed by atoms with Gasteiger partial charge in [-0.2, -0.15) is 0 Å². The lowest BCUT2D eigenvalue weighted by Gasteiger charge is -2.32. The average Bonchev–Trinajstić information content (AvgIpc) is 3.34. The van der Waals surface area contributed by atoms with Gasteiger partial charge < -0.3 is 19.0 Å². The molecule has 1 heterocycles. The fraction of sp³-hybridized carbons (Fsp3) is 0.152. The molecule has 41 heavy (non-hydrogen) atoms. The molecule has 208 valence electrons. The molecule has 0 radical (unpaired) electrons. The number of hydrogen-bond acceptors (Lipinski definition) is 6. The zero-order chi connectivity index (χ0) is 28.8. The highest BCUT2D eigenvalue weighted by Gasteiger charge is 2.58. The minimum absolute atomic E-state index is 0.0655. The van der Waals surface area contributed by atoms with E-state index in [0.717, 1.165) is 15.9 Å². The van der Waals surface area contributed by atoms with E-state index in [1.54, 1.807) is 38.1 Å². The van der Waals surface area contributed by atoms with Gasteiger partial charge in [0.05, 0.1) is 18.7 Å². The molecule has 0 saturated carbocycles.